The van der Waals surface area contributed by atoms with Crippen LogP contribution < -0.4 is 5.32 Å². The molecule has 1 aliphatic rings. The van der Waals surface area contributed by atoms with Gasteiger partial charge in [0.1, 0.15) is 0 Å². The van der Waals surface area contributed by atoms with Gasteiger partial charge in [-0.05, 0) is 68.8 Å². The second-order valence-corrected chi connectivity index (χ2v) is 9.86. The molecule has 0 aliphatic heterocycles. The largest absolute Gasteiger partial charge is 0.356 e. The highest BCUT2D eigenvalue weighted by Gasteiger charge is 2.45. The standard InChI is InChI=1S/C37H27N/c1-3-12-27(13-4-1)28-22-24-29(25-23-28)37(30-14-11-17-32(26-30)38-31-15-5-2-6-16-31)35-20-9-7-18-33(35)34-19-8-10-21-36(34)37/h1-26,38H. The molecule has 0 saturated carbocycles. The van der Waals surface area contributed by atoms with Gasteiger partial charge in [0.25, 0.3) is 0 Å². The van der Waals surface area contributed by atoms with Crippen LogP contribution in [0.2, 0.25) is 0 Å². The molecule has 0 unspecified atom stereocenters. The van der Waals surface area contributed by atoms with E-state index in [-0.39, 0.29) is 0 Å². The zero-order chi connectivity index (χ0) is 25.4. The third-order valence-corrected chi connectivity index (χ3v) is 7.74. The molecule has 6 aromatic carbocycles. The van der Waals surface area contributed by atoms with Crippen LogP contribution in [0.25, 0.3) is 22.3 Å². The molecule has 0 aromatic heterocycles. The Labute approximate surface area is 224 Å². The number of benzene rings is 6. The van der Waals surface area contributed by atoms with Crippen LogP contribution in [0.5, 0.6) is 0 Å². The lowest BCUT2D eigenvalue weighted by molar-refractivity contribution is 0.769. The quantitative estimate of drug-likeness (QED) is 0.256. The van der Waals surface area contributed by atoms with Crippen molar-refractivity contribution >= 4 is 11.4 Å². The summed E-state index contributed by atoms with van der Waals surface area (Å²) < 4.78 is 0. The maximum Gasteiger partial charge on any atom is 0.0714 e. The molecule has 0 amide bonds. The summed E-state index contributed by atoms with van der Waals surface area (Å²) in [7, 11) is 0. The third-order valence-electron chi connectivity index (χ3n) is 7.74. The average molecular weight is 486 g/mol. The Morgan fingerprint density at radius 2 is 0.895 bits per heavy atom. The minimum atomic E-state index is -0.420. The molecule has 0 heterocycles. The number of fused-ring (bicyclic) bond motifs is 3. The molecule has 1 nitrogen and oxygen atoms in total. The molecule has 0 atom stereocenters. The lowest BCUT2D eigenvalue weighted by Gasteiger charge is -2.34. The minimum Gasteiger partial charge on any atom is -0.356 e. The van der Waals surface area contributed by atoms with Gasteiger partial charge in [0.15, 0.2) is 0 Å². The Morgan fingerprint density at radius 1 is 0.368 bits per heavy atom. The lowest BCUT2D eigenvalue weighted by atomic mass is 9.67. The Balaban J connectivity index is 1.46. The van der Waals surface area contributed by atoms with Gasteiger partial charge in [0.05, 0.1) is 5.41 Å². The monoisotopic (exact) mass is 485 g/mol. The van der Waals surface area contributed by atoms with Crippen molar-refractivity contribution in [2.24, 2.45) is 0 Å². The van der Waals surface area contributed by atoms with E-state index in [1.165, 1.54) is 44.5 Å². The van der Waals surface area contributed by atoms with Gasteiger partial charge >= 0.3 is 0 Å². The summed E-state index contributed by atoms with van der Waals surface area (Å²) in [6, 6.07) is 56.8. The normalized spacial score (nSPS) is 12.9. The van der Waals surface area contributed by atoms with Crippen molar-refractivity contribution in [2.45, 2.75) is 5.41 Å². The molecule has 1 N–H and O–H groups in total. The summed E-state index contributed by atoms with van der Waals surface area (Å²) in [4.78, 5) is 0. The molecule has 0 radical (unpaired) electrons. The molecule has 0 fully saturated rings. The summed E-state index contributed by atoms with van der Waals surface area (Å²) in [6.45, 7) is 0. The SMILES string of the molecule is c1ccc(Nc2cccc(C3(c4ccc(-c5ccccc5)cc4)c4ccccc4-c4ccccc43)c2)cc1. The van der Waals surface area contributed by atoms with E-state index in [1.54, 1.807) is 0 Å². The van der Waals surface area contributed by atoms with Gasteiger partial charge in [-0.1, -0.05) is 133 Å². The highest BCUT2D eigenvalue weighted by Crippen LogP contribution is 2.56. The third kappa shape index (κ3) is 3.55. The van der Waals surface area contributed by atoms with Crippen LogP contribution >= 0.6 is 0 Å². The van der Waals surface area contributed by atoms with E-state index in [9.17, 15) is 0 Å². The molecule has 0 spiro atoms. The maximum atomic E-state index is 3.62. The molecular weight excluding hydrogens is 458 g/mol. The van der Waals surface area contributed by atoms with Gasteiger partial charge in [0, 0.05) is 11.4 Å². The smallest absolute Gasteiger partial charge is 0.0714 e. The van der Waals surface area contributed by atoms with E-state index in [4.69, 9.17) is 0 Å². The second-order valence-electron chi connectivity index (χ2n) is 9.86. The van der Waals surface area contributed by atoms with Gasteiger partial charge in [-0.2, -0.15) is 0 Å². The van der Waals surface area contributed by atoms with Crippen molar-refractivity contribution in [2.75, 3.05) is 5.32 Å². The zero-order valence-corrected chi connectivity index (χ0v) is 21.0. The first kappa shape index (κ1) is 22.3. The summed E-state index contributed by atoms with van der Waals surface area (Å²) >= 11 is 0. The van der Waals surface area contributed by atoms with Crippen LogP contribution in [0.1, 0.15) is 22.3 Å². The molecule has 7 rings (SSSR count). The first-order valence-corrected chi connectivity index (χ1v) is 13.1. The van der Waals surface area contributed by atoms with Gasteiger partial charge in [0.2, 0.25) is 0 Å². The van der Waals surface area contributed by atoms with Crippen molar-refractivity contribution in [3.63, 3.8) is 0 Å². The van der Waals surface area contributed by atoms with E-state index >= 15 is 0 Å². The fourth-order valence-corrected chi connectivity index (χ4v) is 6.09. The fraction of sp³-hybridized carbons (Fsp3) is 0.0270. The van der Waals surface area contributed by atoms with Gasteiger partial charge < -0.3 is 5.32 Å². The number of hydrogen-bond acceptors (Lipinski definition) is 1. The van der Waals surface area contributed by atoms with Crippen LogP contribution in [-0.2, 0) is 5.41 Å². The molecule has 0 bridgehead atoms. The minimum absolute atomic E-state index is 0.420. The highest BCUT2D eigenvalue weighted by molar-refractivity contribution is 5.86. The van der Waals surface area contributed by atoms with E-state index in [0.29, 0.717) is 0 Å². The van der Waals surface area contributed by atoms with E-state index in [1.807, 2.05) is 6.07 Å². The number of hydrogen-bond donors (Lipinski definition) is 1. The molecule has 1 aliphatic carbocycles. The number of para-hydroxylation sites is 1. The van der Waals surface area contributed by atoms with Crippen molar-refractivity contribution < 1.29 is 0 Å². The van der Waals surface area contributed by atoms with Crippen molar-refractivity contribution in [1.29, 1.82) is 0 Å². The second kappa shape index (κ2) is 9.21. The topological polar surface area (TPSA) is 12.0 Å². The Bertz CT molecular complexity index is 1670. The summed E-state index contributed by atoms with van der Waals surface area (Å²) in [6.07, 6.45) is 0. The predicted molar refractivity (Wildman–Crippen MR) is 159 cm³/mol. The summed E-state index contributed by atoms with van der Waals surface area (Å²) in [5.41, 5.74) is 12.0. The van der Waals surface area contributed by atoms with Crippen molar-refractivity contribution in [3.8, 4) is 22.3 Å². The summed E-state index contributed by atoms with van der Waals surface area (Å²) in [5, 5.41) is 3.62. The van der Waals surface area contributed by atoms with Gasteiger partial charge in [-0.25, -0.2) is 0 Å². The Morgan fingerprint density at radius 3 is 1.55 bits per heavy atom. The van der Waals surface area contributed by atoms with Crippen molar-refractivity contribution in [3.05, 3.63) is 180 Å². The van der Waals surface area contributed by atoms with Crippen molar-refractivity contribution in [1.82, 2.24) is 0 Å². The Hall–Kier alpha value is -4.88. The molecule has 180 valence electrons. The number of rotatable bonds is 5. The van der Waals surface area contributed by atoms with Gasteiger partial charge in [-0.3, -0.25) is 0 Å². The van der Waals surface area contributed by atoms with Crippen LogP contribution in [-0.4, -0.2) is 0 Å². The van der Waals surface area contributed by atoms with Gasteiger partial charge in [-0.15, -0.1) is 0 Å². The maximum absolute atomic E-state index is 3.62. The molecule has 38 heavy (non-hydrogen) atoms. The van der Waals surface area contributed by atoms with Crippen LogP contribution in [0, 0.1) is 0 Å². The van der Waals surface area contributed by atoms with Crippen LogP contribution in [0.3, 0.4) is 0 Å². The van der Waals surface area contributed by atoms with E-state index in [0.717, 1.165) is 11.4 Å². The summed E-state index contributed by atoms with van der Waals surface area (Å²) in [5.74, 6) is 0. The molecular formula is C37H27N. The first-order chi connectivity index (χ1) is 18.8. The first-order valence-electron chi connectivity index (χ1n) is 13.1. The molecule has 6 aromatic rings. The zero-order valence-electron chi connectivity index (χ0n) is 21.0. The lowest BCUT2D eigenvalue weighted by Crippen LogP contribution is -2.28. The fourth-order valence-electron chi connectivity index (χ4n) is 6.09. The molecule has 0 saturated heterocycles. The predicted octanol–water partition coefficient (Wildman–Crippen LogP) is 9.46. The Kier molecular flexibility index (Phi) is 5.41. The molecule has 1 heteroatoms. The highest BCUT2D eigenvalue weighted by atomic mass is 14.9. The van der Waals surface area contributed by atoms with Crippen LogP contribution in [0.15, 0.2) is 158 Å². The van der Waals surface area contributed by atoms with E-state index < -0.39 is 5.41 Å². The van der Waals surface area contributed by atoms with Crippen LogP contribution in [0.4, 0.5) is 11.4 Å². The average Bonchev–Trinajstić information content (AvgIpc) is 3.30. The number of nitrogens with one attached hydrogen (secondary N) is 1. The van der Waals surface area contributed by atoms with E-state index in [2.05, 4.69) is 157 Å². The number of anilines is 2.